The van der Waals surface area contributed by atoms with E-state index in [1.165, 1.54) is 6.33 Å². The first-order valence-corrected chi connectivity index (χ1v) is 8.23. The molecule has 4 atom stereocenters. The summed E-state index contributed by atoms with van der Waals surface area (Å²) in [6, 6.07) is 0. The van der Waals surface area contributed by atoms with Gasteiger partial charge in [0.15, 0.2) is 6.23 Å². The van der Waals surface area contributed by atoms with Crippen LogP contribution in [0.5, 0.6) is 0 Å². The summed E-state index contributed by atoms with van der Waals surface area (Å²) >= 11 is 0. The minimum Gasteiger partial charge on any atom is -0.437 e. The number of ether oxygens (including phenoxy) is 1. The zero-order valence-electron chi connectivity index (χ0n) is 16.9. The minimum atomic E-state index is -1.54. The normalized spacial score (nSPS) is 29.3. The molecular weight excluding hydrogens is 334 g/mol. The van der Waals surface area contributed by atoms with E-state index in [4.69, 9.17) is 28.9 Å². The fourth-order valence-corrected chi connectivity index (χ4v) is 3.33. The Bertz CT molecular complexity index is 903. The number of nitrogen functional groups attached to an aromatic ring is 1. The number of aliphatic hydroxyl groups is 1. The SMILES string of the molecule is [2H]B(C)OC[C@H]1OC(n2cc(C#C)c3c(N)ncnc32)[C@](C)(O)[C@@H]1OB([2H])C. The molecule has 1 aliphatic rings. The molecule has 1 unspecified atom stereocenters. The molecule has 26 heavy (non-hydrogen) atoms. The van der Waals surface area contributed by atoms with Crippen LogP contribution >= 0.6 is 0 Å². The molecule has 3 heterocycles. The maximum atomic E-state index is 11.3. The third kappa shape index (κ3) is 2.97. The van der Waals surface area contributed by atoms with Crippen LogP contribution < -0.4 is 5.73 Å². The largest absolute Gasteiger partial charge is 0.437 e. The lowest BCUT2D eigenvalue weighted by Gasteiger charge is -2.30. The molecule has 1 aliphatic heterocycles. The van der Waals surface area contributed by atoms with Gasteiger partial charge in [0.2, 0.25) is 0 Å². The Balaban J connectivity index is 2.05. The molecule has 0 amide bonds. The van der Waals surface area contributed by atoms with Crippen molar-refractivity contribution < 1.29 is 19.2 Å². The van der Waals surface area contributed by atoms with Gasteiger partial charge in [-0.15, -0.1) is 6.42 Å². The third-order valence-electron chi connectivity index (χ3n) is 4.47. The maximum Gasteiger partial charge on any atom is 0.272 e. The number of hydrogen-bond acceptors (Lipinski definition) is 7. The first-order valence-electron chi connectivity index (χ1n) is 9.39. The predicted octanol–water partition coefficient (Wildman–Crippen LogP) is -0.156. The fraction of sp³-hybridized carbons (Fsp3) is 0.500. The highest BCUT2D eigenvalue weighted by molar-refractivity contribution is 6.25. The summed E-state index contributed by atoms with van der Waals surface area (Å²) < 4.78 is 33.9. The molecule has 2 aromatic rings. The summed E-state index contributed by atoms with van der Waals surface area (Å²) in [7, 11) is -1.66. The third-order valence-corrected chi connectivity index (χ3v) is 4.47. The highest BCUT2D eigenvalue weighted by Gasteiger charge is 2.54. The van der Waals surface area contributed by atoms with Gasteiger partial charge in [-0.2, -0.15) is 0 Å². The first-order chi connectivity index (χ1) is 13.2. The van der Waals surface area contributed by atoms with Crippen LogP contribution in [-0.4, -0.2) is 61.6 Å². The molecular formula is C16H22B2N4O4. The smallest absolute Gasteiger partial charge is 0.272 e. The van der Waals surface area contributed by atoms with Gasteiger partial charge < -0.3 is 29.5 Å². The minimum absolute atomic E-state index is 0.0209. The van der Waals surface area contributed by atoms with Gasteiger partial charge in [0.1, 0.15) is 35.6 Å². The van der Waals surface area contributed by atoms with Gasteiger partial charge in [-0.05, 0) is 6.92 Å². The lowest BCUT2D eigenvalue weighted by molar-refractivity contribution is -0.0915. The van der Waals surface area contributed by atoms with E-state index < -0.39 is 38.9 Å². The Kier molecular flexibility index (Phi) is 4.53. The standard InChI is InChI=1S/C16H22B2N4O4/c1-5-9-6-22(14-11(9)13(19)20-8-21-14)15-16(2,23)12(26-18-4)10(25-15)7-24-17-3/h1,6,8,10,12,15,17-18,23H,7H2,2-4H3,(H2,19,20,21)/t10-,12-,15?,16-/m1/s1/i17D,18D. The number of aromatic nitrogens is 3. The van der Waals surface area contributed by atoms with E-state index in [1.54, 1.807) is 31.3 Å². The topological polar surface area (TPSA) is 105 Å². The molecule has 0 spiro atoms. The van der Waals surface area contributed by atoms with Crippen molar-refractivity contribution in [3.8, 4) is 12.3 Å². The lowest BCUT2D eigenvalue weighted by atomic mass is 9.93. The summed E-state index contributed by atoms with van der Waals surface area (Å²) in [6.45, 7) is 4.70. The Hall–Kier alpha value is -2.05. The van der Waals surface area contributed by atoms with Crippen molar-refractivity contribution in [1.29, 1.82) is 2.67 Å². The molecule has 0 saturated carbocycles. The van der Waals surface area contributed by atoms with E-state index in [-0.39, 0.29) is 12.4 Å². The number of anilines is 1. The first kappa shape index (κ1) is 16.1. The Morgan fingerprint density at radius 1 is 1.54 bits per heavy atom. The van der Waals surface area contributed by atoms with Crippen LogP contribution in [0.3, 0.4) is 0 Å². The van der Waals surface area contributed by atoms with Crippen molar-refractivity contribution in [3.63, 3.8) is 0 Å². The molecule has 0 aromatic carbocycles. The summed E-state index contributed by atoms with van der Waals surface area (Å²) in [4.78, 5) is 8.23. The molecule has 3 rings (SSSR count). The summed E-state index contributed by atoms with van der Waals surface area (Å²) in [5.74, 6) is 2.77. The second kappa shape index (κ2) is 7.29. The van der Waals surface area contributed by atoms with Crippen LogP contribution in [0, 0.1) is 12.3 Å². The van der Waals surface area contributed by atoms with Crippen LogP contribution in [0.1, 0.15) is 18.7 Å². The molecule has 1 fully saturated rings. The highest BCUT2D eigenvalue weighted by Crippen LogP contribution is 2.42. The van der Waals surface area contributed by atoms with E-state index in [0.717, 1.165) is 0 Å². The summed E-state index contributed by atoms with van der Waals surface area (Å²) in [6.07, 6.45) is 6.03. The predicted molar refractivity (Wildman–Crippen MR) is 101 cm³/mol. The van der Waals surface area contributed by atoms with Crippen LogP contribution in [0.4, 0.5) is 5.82 Å². The second-order valence-electron chi connectivity index (χ2n) is 6.17. The van der Waals surface area contributed by atoms with Crippen molar-refractivity contribution >= 4 is 31.7 Å². The molecule has 2 aromatic heterocycles. The quantitative estimate of drug-likeness (QED) is 0.546. The van der Waals surface area contributed by atoms with Crippen LogP contribution in [0.15, 0.2) is 12.5 Å². The van der Waals surface area contributed by atoms with Gasteiger partial charge >= 0.3 is 0 Å². The average molecular weight is 358 g/mol. The van der Waals surface area contributed by atoms with Crippen molar-refractivity contribution in [3.05, 3.63) is 18.1 Å². The maximum absolute atomic E-state index is 11.3. The molecule has 10 heteroatoms. The van der Waals surface area contributed by atoms with Gasteiger partial charge in [0.05, 0.1) is 17.6 Å². The van der Waals surface area contributed by atoms with Gasteiger partial charge in [-0.3, -0.25) is 0 Å². The van der Waals surface area contributed by atoms with E-state index in [0.29, 0.717) is 16.6 Å². The zero-order valence-corrected chi connectivity index (χ0v) is 14.9. The van der Waals surface area contributed by atoms with E-state index >= 15 is 0 Å². The van der Waals surface area contributed by atoms with Gasteiger partial charge in [-0.25, -0.2) is 9.97 Å². The van der Waals surface area contributed by atoms with Crippen molar-refractivity contribution in [2.45, 2.75) is 44.6 Å². The molecule has 3 N–H and O–H groups in total. The average Bonchev–Trinajstić information content (AvgIpc) is 3.09. The van der Waals surface area contributed by atoms with Crippen molar-refractivity contribution in [2.75, 3.05) is 12.3 Å². The molecule has 136 valence electrons. The number of nitrogens with two attached hydrogens (primary N) is 1. The summed E-state index contributed by atoms with van der Waals surface area (Å²) in [5, 5.41) is 11.8. The molecule has 8 nitrogen and oxygen atoms in total. The van der Waals surface area contributed by atoms with E-state index in [2.05, 4.69) is 15.9 Å². The van der Waals surface area contributed by atoms with E-state index in [1.807, 2.05) is 0 Å². The monoisotopic (exact) mass is 358 g/mol. The van der Waals surface area contributed by atoms with Gasteiger partial charge in [-0.1, -0.05) is 19.6 Å². The van der Waals surface area contributed by atoms with Crippen LogP contribution in [0.2, 0.25) is 13.6 Å². The Labute approximate surface area is 156 Å². The Morgan fingerprint density at radius 3 is 2.96 bits per heavy atom. The molecule has 1 saturated heterocycles. The van der Waals surface area contributed by atoms with Gasteiger partial charge in [0.25, 0.3) is 14.9 Å². The van der Waals surface area contributed by atoms with Crippen molar-refractivity contribution in [2.24, 2.45) is 0 Å². The zero-order chi connectivity index (χ0) is 20.6. The number of hydrogen-bond donors (Lipinski definition) is 2. The molecule has 0 radical (unpaired) electrons. The number of nitrogens with zero attached hydrogens (tertiary/aromatic N) is 3. The summed E-state index contributed by atoms with van der Waals surface area (Å²) in [5.41, 5.74) is 5.31. The number of fused-ring (bicyclic) bond motifs is 1. The molecule has 0 bridgehead atoms. The van der Waals surface area contributed by atoms with Gasteiger partial charge in [0, 0.05) is 8.87 Å². The van der Waals surface area contributed by atoms with Crippen LogP contribution in [0.25, 0.3) is 11.0 Å². The highest BCUT2D eigenvalue weighted by atomic mass is 16.6. The number of terminal acetylenes is 1. The van der Waals surface area contributed by atoms with E-state index in [9.17, 15) is 5.11 Å². The van der Waals surface area contributed by atoms with Crippen LogP contribution in [-0.2, 0) is 14.0 Å². The Morgan fingerprint density at radius 2 is 2.31 bits per heavy atom. The fourth-order valence-electron chi connectivity index (χ4n) is 3.33. The van der Waals surface area contributed by atoms with Crippen molar-refractivity contribution in [1.82, 2.24) is 14.5 Å². The lowest BCUT2D eigenvalue weighted by Crippen LogP contribution is -2.46. The number of rotatable bonds is 6. The molecule has 0 aliphatic carbocycles. The second-order valence-corrected chi connectivity index (χ2v) is 6.17.